The smallest absolute Gasteiger partial charge is 0.0744 e. The molecule has 27 heavy (non-hydrogen) atoms. The molecule has 0 saturated heterocycles. The SMILES string of the molecule is CCC12CCC(CC1=N[C@@H]1C[C@H]1N=C1CC3CCC1(CC)C3(C)C)C2(C)C. The van der Waals surface area contributed by atoms with Gasteiger partial charge in [-0.3, -0.25) is 9.98 Å². The quantitative estimate of drug-likeness (QED) is 0.542. The monoisotopic (exact) mass is 368 g/mol. The fourth-order valence-electron chi connectivity index (χ4n) is 8.47. The fourth-order valence-corrected chi connectivity index (χ4v) is 8.47. The van der Waals surface area contributed by atoms with Gasteiger partial charge in [0.05, 0.1) is 12.1 Å². The van der Waals surface area contributed by atoms with Crippen molar-refractivity contribution in [1.29, 1.82) is 0 Å². The van der Waals surface area contributed by atoms with Crippen molar-refractivity contribution >= 4 is 11.4 Å². The highest BCUT2D eigenvalue weighted by Gasteiger charge is 2.63. The van der Waals surface area contributed by atoms with Crippen LogP contribution in [0.1, 0.15) is 99.3 Å². The Bertz CT molecular complexity index is 654. The normalized spacial score (nSPS) is 51.6. The minimum atomic E-state index is 0.400. The van der Waals surface area contributed by atoms with E-state index in [-0.39, 0.29) is 0 Å². The number of rotatable bonds is 4. The van der Waals surface area contributed by atoms with Gasteiger partial charge in [-0.15, -0.1) is 0 Å². The van der Waals surface area contributed by atoms with Crippen LogP contribution >= 0.6 is 0 Å². The molecule has 0 spiro atoms. The van der Waals surface area contributed by atoms with E-state index in [0.717, 1.165) is 11.8 Å². The van der Waals surface area contributed by atoms with Crippen LogP contribution in [0, 0.1) is 33.5 Å². The van der Waals surface area contributed by atoms with Crippen molar-refractivity contribution in [3.63, 3.8) is 0 Å². The molecule has 5 aliphatic carbocycles. The Morgan fingerprint density at radius 3 is 1.48 bits per heavy atom. The summed E-state index contributed by atoms with van der Waals surface area (Å²) in [5, 5.41) is 0. The summed E-state index contributed by atoms with van der Waals surface area (Å²) >= 11 is 0. The third-order valence-electron chi connectivity index (χ3n) is 10.9. The van der Waals surface area contributed by atoms with E-state index in [2.05, 4.69) is 41.5 Å². The molecular weight excluding hydrogens is 328 g/mol. The van der Waals surface area contributed by atoms with Gasteiger partial charge in [0.1, 0.15) is 0 Å². The molecule has 6 atom stereocenters. The second-order valence-corrected chi connectivity index (χ2v) is 11.7. The third-order valence-corrected chi connectivity index (χ3v) is 10.9. The highest BCUT2D eigenvalue weighted by atomic mass is 15.0. The molecule has 0 aromatic carbocycles. The van der Waals surface area contributed by atoms with Crippen LogP contribution in [-0.2, 0) is 0 Å². The number of aliphatic imine (C=N–C) groups is 2. The van der Waals surface area contributed by atoms with Gasteiger partial charge in [0.25, 0.3) is 0 Å². The summed E-state index contributed by atoms with van der Waals surface area (Å²) in [5.74, 6) is 1.74. The van der Waals surface area contributed by atoms with Crippen molar-refractivity contribution in [2.24, 2.45) is 43.5 Å². The van der Waals surface area contributed by atoms with Crippen LogP contribution in [0.4, 0.5) is 0 Å². The molecule has 2 nitrogen and oxygen atoms in total. The lowest BCUT2D eigenvalue weighted by Gasteiger charge is -2.38. The second-order valence-electron chi connectivity index (χ2n) is 11.7. The van der Waals surface area contributed by atoms with Gasteiger partial charge in [0.15, 0.2) is 0 Å². The van der Waals surface area contributed by atoms with Crippen LogP contribution in [0.2, 0.25) is 0 Å². The van der Waals surface area contributed by atoms with E-state index in [1.165, 1.54) is 57.8 Å². The predicted octanol–water partition coefficient (Wildman–Crippen LogP) is 6.48. The molecular formula is C25H40N2. The van der Waals surface area contributed by atoms with Crippen molar-refractivity contribution in [1.82, 2.24) is 0 Å². The third kappa shape index (κ3) is 2.09. The maximum absolute atomic E-state index is 5.39. The molecule has 5 rings (SSSR count). The van der Waals surface area contributed by atoms with Crippen LogP contribution in [0.3, 0.4) is 0 Å². The standard InChI is InChI=1S/C25H40N2/c1-7-24-11-9-16(22(24,3)4)13-20(24)26-18-15-19(18)27-21-14-17-10-12-25(21,8-2)23(17,5)6/h16-19H,7-15H2,1-6H3/t16?,17?,18-,19-,24?,25?/m1/s1. The first-order valence-corrected chi connectivity index (χ1v) is 11.9. The van der Waals surface area contributed by atoms with Gasteiger partial charge in [-0.2, -0.15) is 0 Å². The van der Waals surface area contributed by atoms with Crippen molar-refractivity contribution in [2.75, 3.05) is 0 Å². The van der Waals surface area contributed by atoms with Crippen molar-refractivity contribution in [3.05, 3.63) is 0 Å². The Kier molecular flexibility index (Phi) is 3.73. The molecule has 4 unspecified atom stereocenters. The first-order chi connectivity index (χ1) is 12.7. The molecule has 0 aromatic rings. The Hall–Kier alpha value is -0.660. The second kappa shape index (κ2) is 5.48. The molecule has 0 heterocycles. The van der Waals surface area contributed by atoms with Crippen LogP contribution in [-0.4, -0.2) is 23.5 Å². The summed E-state index contributed by atoms with van der Waals surface area (Å²) in [4.78, 5) is 10.8. The van der Waals surface area contributed by atoms with E-state index in [1.54, 1.807) is 11.4 Å². The lowest BCUT2D eigenvalue weighted by Crippen LogP contribution is -2.35. The average Bonchev–Trinajstić information content (AvgIpc) is 3.10. The zero-order valence-electron chi connectivity index (χ0n) is 18.6. The highest BCUT2D eigenvalue weighted by Crippen LogP contribution is 2.67. The van der Waals surface area contributed by atoms with Crippen LogP contribution in [0.15, 0.2) is 9.98 Å². The fraction of sp³-hybridized carbons (Fsp3) is 0.920. The average molecular weight is 369 g/mol. The Balaban J connectivity index is 1.37. The Labute approximate surface area is 166 Å². The number of nitrogens with zero attached hydrogens (tertiary/aromatic N) is 2. The Morgan fingerprint density at radius 1 is 0.741 bits per heavy atom. The molecule has 4 bridgehead atoms. The summed E-state index contributed by atoms with van der Waals surface area (Å²) in [6.07, 6.45) is 11.9. The molecule has 5 saturated carbocycles. The summed E-state index contributed by atoms with van der Waals surface area (Å²) < 4.78 is 0. The first kappa shape index (κ1) is 18.4. The lowest BCUT2D eigenvalue weighted by molar-refractivity contribution is 0.170. The van der Waals surface area contributed by atoms with Crippen molar-refractivity contribution < 1.29 is 0 Å². The highest BCUT2D eigenvalue weighted by molar-refractivity contribution is 5.96. The van der Waals surface area contributed by atoms with Crippen molar-refractivity contribution in [3.8, 4) is 0 Å². The van der Waals surface area contributed by atoms with Gasteiger partial charge in [-0.25, -0.2) is 0 Å². The zero-order chi connectivity index (χ0) is 19.2. The van der Waals surface area contributed by atoms with Crippen LogP contribution in [0.5, 0.6) is 0 Å². The minimum Gasteiger partial charge on any atom is -0.288 e. The van der Waals surface area contributed by atoms with Gasteiger partial charge >= 0.3 is 0 Å². The summed E-state index contributed by atoms with van der Waals surface area (Å²) in [6, 6.07) is 1.00. The minimum absolute atomic E-state index is 0.400. The number of fused-ring (bicyclic) bond motifs is 4. The van der Waals surface area contributed by atoms with E-state index in [4.69, 9.17) is 9.98 Å². The molecule has 0 amide bonds. The maximum atomic E-state index is 5.39. The Morgan fingerprint density at radius 2 is 1.15 bits per heavy atom. The molecule has 5 fully saturated rings. The first-order valence-electron chi connectivity index (χ1n) is 11.9. The van der Waals surface area contributed by atoms with E-state index in [9.17, 15) is 0 Å². The maximum Gasteiger partial charge on any atom is 0.0744 e. The molecule has 0 aromatic heterocycles. The largest absolute Gasteiger partial charge is 0.288 e. The van der Waals surface area contributed by atoms with Crippen LogP contribution < -0.4 is 0 Å². The molecule has 5 aliphatic rings. The topological polar surface area (TPSA) is 24.7 Å². The summed E-state index contributed by atoms with van der Waals surface area (Å²) in [7, 11) is 0. The van der Waals surface area contributed by atoms with Gasteiger partial charge < -0.3 is 0 Å². The number of hydrogen-bond acceptors (Lipinski definition) is 2. The molecule has 0 radical (unpaired) electrons. The van der Waals surface area contributed by atoms with E-state index in [1.807, 2.05) is 0 Å². The summed E-state index contributed by atoms with van der Waals surface area (Å²) in [5.41, 5.74) is 4.87. The van der Waals surface area contributed by atoms with Gasteiger partial charge in [-0.05, 0) is 80.5 Å². The van der Waals surface area contributed by atoms with Gasteiger partial charge in [0.2, 0.25) is 0 Å². The zero-order valence-corrected chi connectivity index (χ0v) is 18.6. The van der Waals surface area contributed by atoms with Gasteiger partial charge in [-0.1, -0.05) is 41.5 Å². The molecule has 0 N–H and O–H groups in total. The van der Waals surface area contributed by atoms with E-state index >= 15 is 0 Å². The van der Waals surface area contributed by atoms with Crippen LogP contribution in [0.25, 0.3) is 0 Å². The molecule has 2 heteroatoms. The molecule has 0 aliphatic heterocycles. The lowest BCUT2D eigenvalue weighted by atomic mass is 9.67. The number of hydrogen-bond donors (Lipinski definition) is 0. The van der Waals surface area contributed by atoms with E-state index in [0.29, 0.717) is 33.7 Å². The molecule has 150 valence electrons. The van der Waals surface area contributed by atoms with Crippen molar-refractivity contribution in [2.45, 2.75) is 111 Å². The summed E-state index contributed by atoms with van der Waals surface area (Å²) in [6.45, 7) is 14.9. The van der Waals surface area contributed by atoms with Gasteiger partial charge in [0, 0.05) is 22.3 Å². The van der Waals surface area contributed by atoms with E-state index < -0.39 is 0 Å². The predicted molar refractivity (Wildman–Crippen MR) is 115 cm³/mol.